The van der Waals surface area contributed by atoms with Crippen LogP contribution < -0.4 is 0 Å². The highest BCUT2D eigenvalue weighted by Gasteiger charge is 2.05. The molecule has 0 saturated carbocycles. The van der Waals surface area contributed by atoms with Crippen molar-refractivity contribution < 1.29 is 4.79 Å². The molecular formula is C23H48O. The maximum atomic E-state index is 11.2. The van der Waals surface area contributed by atoms with Gasteiger partial charge >= 0.3 is 0 Å². The molecule has 1 nitrogen and oxygen atoms in total. The van der Waals surface area contributed by atoms with Gasteiger partial charge in [-0.2, -0.15) is 0 Å². The average molecular weight is 341 g/mol. The number of ketones is 1. The maximum Gasteiger partial charge on any atom is 0.135 e. The normalized spacial score (nSPS) is 10.6. The Balaban J connectivity index is 0. The zero-order valence-corrected chi connectivity index (χ0v) is 17.8. The lowest BCUT2D eigenvalue weighted by Crippen LogP contribution is -2.05. The van der Waals surface area contributed by atoms with Crippen molar-refractivity contribution in [1.29, 1.82) is 0 Å². The fourth-order valence-electron chi connectivity index (χ4n) is 2.75. The molecule has 0 heterocycles. The van der Waals surface area contributed by atoms with Gasteiger partial charge < -0.3 is 0 Å². The van der Waals surface area contributed by atoms with E-state index in [1.807, 2.05) is 13.8 Å². The van der Waals surface area contributed by atoms with Crippen molar-refractivity contribution >= 4 is 5.78 Å². The average Bonchev–Trinajstić information content (AvgIpc) is 2.57. The van der Waals surface area contributed by atoms with Gasteiger partial charge in [-0.1, -0.05) is 125 Å². The van der Waals surface area contributed by atoms with E-state index in [4.69, 9.17) is 0 Å². The van der Waals surface area contributed by atoms with Crippen molar-refractivity contribution in [3.05, 3.63) is 0 Å². The molecule has 0 spiro atoms. The lowest BCUT2D eigenvalue weighted by atomic mass is 10.0. The van der Waals surface area contributed by atoms with E-state index < -0.39 is 0 Å². The minimum absolute atomic E-state index is 0.232. The quantitative estimate of drug-likeness (QED) is 0.257. The molecule has 146 valence electrons. The molecule has 0 aliphatic heterocycles. The first kappa shape index (κ1) is 25.9. The zero-order chi connectivity index (χ0) is 18.5. The number of hydrogen-bond donors (Lipinski definition) is 0. The number of carbonyl (C=O) groups is 1. The van der Waals surface area contributed by atoms with Crippen LogP contribution in [-0.2, 0) is 4.79 Å². The smallest absolute Gasteiger partial charge is 0.135 e. The van der Waals surface area contributed by atoms with Crippen molar-refractivity contribution in [3.63, 3.8) is 0 Å². The van der Waals surface area contributed by atoms with Crippen LogP contribution in [0.15, 0.2) is 0 Å². The van der Waals surface area contributed by atoms with Crippen LogP contribution in [0.25, 0.3) is 0 Å². The summed E-state index contributed by atoms with van der Waals surface area (Å²) in [5, 5.41) is 0. The number of unbranched alkanes of at least 4 members (excludes halogenated alkanes) is 13. The van der Waals surface area contributed by atoms with Crippen LogP contribution >= 0.6 is 0 Å². The summed E-state index contributed by atoms with van der Waals surface area (Å²) < 4.78 is 0. The largest absolute Gasteiger partial charge is 0.299 e. The molecule has 0 atom stereocenters. The molecule has 0 N–H and O–H groups in total. The van der Waals surface area contributed by atoms with Crippen LogP contribution in [0, 0.1) is 5.92 Å². The Morgan fingerprint density at radius 2 is 0.833 bits per heavy atom. The van der Waals surface area contributed by atoms with Gasteiger partial charge in [0.25, 0.3) is 0 Å². The number of carbonyl (C=O) groups excluding carboxylic acids is 1. The fraction of sp³-hybridized carbons (Fsp3) is 0.957. The minimum Gasteiger partial charge on any atom is -0.299 e. The second-order valence-electron chi connectivity index (χ2n) is 7.61. The van der Waals surface area contributed by atoms with E-state index in [-0.39, 0.29) is 5.92 Å². The van der Waals surface area contributed by atoms with Crippen molar-refractivity contribution in [2.24, 2.45) is 5.92 Å². The molecular weight excluding hydrogens is 292 g/mol. The van der Waals surface area contributed by atoms with Crippen LogP contribution in [0.1, 0.15) is 137 Å². The first-order valence-corrected chi connectivity index (χ1v) is 11.1. The molecule has 0 aromatic rings. The highest BCUT2D eigenvalue weighted by atomic mass is 16.1. The second-order valence-corrected chi connectivity index (χ2v) is 7.61. The van der Waals surface area contributed by atoms with E-state index in [2.05, 4.69) is 20.8 Å². The number of rotatable bonds is 16. The minimum atomic E-state index is 0.232. The Morgan fingerprint density at radius 3 is 1.12 bits per heavy atom. The molecule has 24 heavy (non-hydrogen) atoms. The van der Waals surface area contributed by atoms with E-state index in [9.17, 15) is 4.79 Å². The number of Topliss-reactive ketones (excluding diaryl/α,β-unsaturated/α-hetero) is 1. The monoisotopic (exact) mass is 340 g/mol. The first-order chi connectivity index (χ1) is 11.6. The molecule has 1 heteroatoms. The third kappa shape index (κ3) is 23.9. The van der Waals surface area contributed by atoms with Crippen LogP contribution in [-0.4, -0.2) is 5.78 Å². The lowest BCUT2D eigenvalue weighted by Gasteiger charge is -2.03. The third-order valence-corrected chi connectivity index (χ3v) is 4.63. The standard InChI is InChI=1S/C12H24O.C11H24/c1-4-5-6-7-8-9-10-12(13)11(2)3;1-3-5-7-9-11-10-8-6-4-2/h11H,4-10H2,1-3H3;3-11H2,1-2H3. The maximum absolute atomic E-state index is 11.2. The van der Waals surface area contributed by atoms with Gasteiger partial charge in [0, 0.05) is 12.3 Å². The second kappa shape index (κ2) is 22.7. The molecule has 0 radical (unpaired) electrons. The summed E-state index contributed by atoms with van der Waals surface area (Å²) in [5.41, 5.74) is 0. The molecule has 0 rings (SSSR count). The fourth-order valence-corrected chi connectivity index (χ4v) is 2.75. The molecule has 0 unspecified atom stereocenters. The molecule has 0 aliphatic rings. The van der Waals surface area contributed by atoms with E-state index in [0.29, 0.717) is 5.78 Å². The van der Waals surface area contributed by atoms with Crippen molar-refractivity contribution in [2.75, 3.05) is 0 Å². The van der Waals surface area contributed by atoms with Gasteiger partial charge in [0.2, 0.25) is 0 Å². The summed E-state index contributed by atoms with van der Waals surface area (Å²) in [7, 11) is 0. The summed E-state index contributed by atoms with van der Waals surface area (Å²) in [6, 6.07) is 0. The van der Waals surface area contributed by atoms with Gasteiger partial charge in [0.05, 0.1) is 0 Å². The van der Waals surface area contributed by atoms with Crippen LogP contribution in [0.3, 0.4) is 0 Å². The van der Waals surface area contributed by atoms with Gasteiger partial charge in [-0.25, -0.2) is 0 Å². The highest BCUT2D eigenvalue weighted by molar-refractivity contribution is 5.80. The SMILES string of the molecule is CCCCCCCCC(=O)C(C)C.CCCCCCCCCCC. The van der Waals surface area contributed by atoms with Gasteiger partial charge in [-0.3, -0.25) is 4.79 Å². The Kier molecular flexibility index (Phi) is 24.5. The summed E-state index contributed by atoms with van der Waals surface area (Å²) in [4.78, 5) is 11.2. The third-order valence-electron chi connectivity index (χ3n) is 4.63. The molecule has 0 aromatic carbocycles. The van der Waals surface area contributed by atoms with E-state index in [0.717, 1.165) is 12.8 Å². The van der Waals surface area contributed by atoms with Crippen LogP contribution in [0.5, 0.6) is 0 Å². The zero-order valence-electron chi connectivity index (χ0n) is 17.8. The number of hydrogen-bond acceptors (Lipinski definition) is 1. The van der Waals surface area contributed by atoms with Crippen molar-refractivity contribution in [3.8, 4) is 0 Å². The first-order valence-electron chi connectivity index (χ1n) is 11.1. The van der Waals surface area contributed by atoms with Crippen LogP contribution in [0.2, 0.25) is 0 Å². The van der Waals surface area contributed by atoms with E-state index in [1.165, 1.54) is 89.9 Å². The van der Waals surface area contributed by atoms with Gasteiger partial charge in [0.1, 0.15) is 5.78 Å². The summed E-state index contributed by atoms with van der Waals surface area (Å²) >= 11 is 0. The van der Waals surface area contributed by atoms with E-state index >= 15 is 0 Å². The molecule has 0 amide bonds. The Hall–Kier alpha value is -0.330. The topological polar surface area (TPSA) is 17.1 Å². The van der Waals surface area contributed by atoms with Crippen molar-refractivity contribution in [2.45, 2.75) is 137 Å². The van der Waals surface area contributed by atoms with Gasteiger partial charge in [-0.05, 0) is 6.42 Å². The van der Waals surface area contributed by atoms with Gasteiger partial charge in [-0.15, -0.1) is 0 Å². The molecule has 0 aliphatic carbocycles. The van der Waals surface area contributed by atoms with Crippen LogP contribution in [0.4, 0.5) is 0 Å². The predicted molar refractivity (Wildman–Crippen MR) is 111 cm³/mol. The summed E-state index contributed by atoms with van der Waals surface area (Å²) in [6.45, 7) is 10.7. The molecule has 0 fully saturated rings. The Labute approximate surface area is 154 Å². The highest BCUT2D eigenvalue weighted by Crippen LogP contribution is 2.10. The van der Waals surface area contributed by atoms with E-state index in [1.54, 1.807) is 0 Å². The molecule has 0 aromatic heterocycles. The molecule has 0 saturated heterocycles. The molecule has 0 bridgehead atoms. The summed E-state index contributed by atoms with van der Waals surface area (Å²) in [6.07, 6.45) is 21.4. The van der Waals surface area contributed by atoms with Gasteiger partial charge in [0.15, 0.2) is 0 Å². The lowest BCUT2D eigenvalue weighted by molar-refractivity contribution is -0.122. The summed E-state index contributed by atoms with van der Waals surface area (Å²) in [5.74, 6) is 0.658. The Morgan fingerprint density at radius 1 is 0.542 bits per heavy atom. The van der Waals surface area contributed by atoms with Crippen molar-refractivity contribution in [1.82, 2.24) is 0 Å². The Bertz CT molecular complexity index is 224. The predicted octanol–water partition coefficient (Wildman–Crippen LogP) is 8.50.